The summed E-state index contributed by atoms with van der Waals surface area (Å²) in [7, 11) is 1.41. The third-order valence-electron chi connectivity index (χ3n) is 5.59. The zero-order valence-corrected chi connectivity index (χ0v) is 16.4. The second-order valence-electron chi connectivity index (χ2n) is 7.13. The molecule has 1 aliphatic rings. The molecule has 29 heavy (non-hydrogen) atoms. The minimum absolute atomic E-state index is 0.373. The van der Waals surface area contributed by atoms with E-state index in [1.807, 2.05) is 43.3 Å². The molecule has 4 aromatic rings. The van der Waals surface area contributed by atoms with E-state index in [0.717, 1.165) is 57.9 Å². The second-order valence-corrected chi connectivity index (χ2v) is 7.13. The first-order chi connectivity index (χ1) is 14.2. The highest BCUT2D eigenvalue weighted by molar-refractivity contribution is 6.13. The van der Waals surface area contributed by atoms with Crippen molar-refractivity contribution in [2.75, 3.05) is 13.7 Å². The van der Waals surface area contributed by atoms with Gasteiger partial charge in [0.1, 0.15) is 0 Å². The van der Waals surface area contributed by atoms with Gasteiger partial charge in [-0.15, -0.1) is 0 Å². The largest absolute Gasteiger partial charge is 0.452 e. The number of nitrogens with zero attached hydrogens (tertiary/aromatic N) is 3. The lowest BCUT2D eigenvalue weighted by molar-refractivity contribution is 0.173. The van der Waals surface area contributed by atoms with E-state index in [0.29, 0.717) is 0 Å². The first kappa shape index (κ1) is 17.5. The summed E-state index contributed by atoms with van der Waals surface area (Å²) in [4.78, 5) is 17.3. The van der Waals surface area contributed by atoms with Crippen LogP contribution in [0.2, 0.25) is 0 Å². The first-order valence-corrected chi connectivity index (χ1v) is 9.69. The van der Waals surface area contributed by atoms with Gasteiger partial charge in [-0.2, -0.15) is 0 Å². The number of para-hydroxylation sites is 1. The number of ether oxygens (including phenoxy) is 1. The number of carbonyl (C=O) groups excluding carboxylic acids is 1. The predicted octanol–water partition coefficient (Wildman–Crippen LogP) is 4.88. The Hall–Kier alpha value is -3.60. The van der Waals surface area contributed by atoms with Gasteiger partial charge < -0.3 is 9.30 Å². The van der Waals surface area contributed by atoms with Crippen LogP contribution in [-0.4, -0.2) is 34.6 Å². The van der Waals surface area contributed by atoms with E-state index < -0.39 is 0 Å². The molecule has 0 aliphatic carbocycles. The van der Waals surface area contributed by atoms with E-state index in [1.54, 1.807) is 4.57 Å². The highest BCUT2D eigenvalue weighted by Crippen LogP contribution is 2.36. The van der Waals surface area contributed by atoms with Gasteiger partial charge in [-0.1, -0.05) is 48.5 Å². The van der Waals surface area contributed by atoms with E-state index in [-0.39, 0.29) is 6.09 Å². The number of aromatic nitrogens is 2. The second kappa shape index (κ2) is 6.78. The van der Waals surface area contributed by atoms with E-state index >= 15 is 0 Å². The first-order valence-electron chi connectivity index (χ1n) is 9.69. The van der Waals surface area contributed by atoms with Crippen LogP contribution in [0.3, 0.4) is 0 Å². The Morgan fingerprint density at radius 1 is 0.966 bits per heavy atom. The van der Waals surface area contributed by atoms with Gasteiger partial charge in [0.15, 0.2) is 0 Å². The summed E-state index contributed by atoms with van der Waals surface area (Å²) in [5.74, 6) is 0. The fourth-order valence-electron chi connectivity index (χ4n) is 4.33. The SMILES string of the molecule is COC(=O)n1c(C)c(-c2ccc3n2CCN=C3c2ccccc2)c2ccccc21. The molecule has 0 unspecified atom stereocenters. The Morgan fingerprint density at radius 2 is 1.69 bits per heavy atom. The Kier molecular flexibility index (Phi) is 4.09. The van der Waals surface area contributed by atoms with Gasteiger partial charge in [-0.05, 0) is 25.1 Å². The van der Waals surface area contributed by atoms with E-state index in [2.05, 4.69) is 34.9 Å². The van der Waals surface area contributed by atoms with Crippen LogP contribution >= 0.6 is 0 Å². The molecule has 0 amide bonds. The molecule has 2 aromatic carbocycles. The summed E-state index contributed by atoms with van der Waals surface area (Å²) < 4.78 is 9.01. The Labute approximate surface area is 168 Å². The van der Waals surface area contributed by atoms with Crippen LogP contribution in [0.25, 0.3) is 22.2 Å². The average molecular weight is 383 g/mol. The molecule has 5 heteroatoms. The number of rotatable bonds is 2. The van der Waals surface area contributed by atoms with Crippen LogP contribution in [0.15, 0.2) is 71.7 Å². The molecule has 3 heterocycles. The van der Waals surface area contributed by atoms with Gasteiger partial charge in [0.05, 0.1) is 36.3 Å². The number of aliphatic imine (C=N–C) groups is 1. The van der Waals surface area contributed by atoms with Gasteiger partial charge in [-0.25, -0.2) is 9.36 Å². The number of hydrogen-bond acceptors (Lipinski definition) is 3. The summed E-state index contributed by atoms with van der Waals surface area (Å²) in [5, 5.41) is 1.04. The standard InChI is InChI=1S/C24H21N3O2/c1-16-22(18-10-6-7-11-19(18)27(16)24(28)29-2)20-12-13-21-23(25-14-15-26(20)21)17-8-4-3-5-9-17/h3-13H,14-15H2,1-2H3. The molecule has 144 valence electrons. The average Bonchev–Trinajstić information content (AvgIpc) is 3.31. The molecule has 0 radical (unpaired) electrons. The maximum atomic E-state index is 12.5. The van der Waals surface area contributed by atoms with Crippen molar-refractivity contribution in [3.63, 3.8) is 0 Å². The molecule has 0 bridgehead atoms. The van der Waals surface area contributed by atoms with Crippen molar-refractivity contribution in [1.29, 1.82) is 0 Å². The summed E-state index contributed by atoms with van der Waals surface area (Å²) in [6.07, 6.45) is -0.373. The van der Waals surface area contributed by atoms with Crippen LogP contribution in [0.5, 0.6) is 0 Å². The van der Waals surface area contributed by atoms with E-state index in [4.69, 9.17) is 9.73 Å². The van der Waals surface area contributed by atoms with Gasteiger partial charge in [0, 0.05) is 28.8 Å². The number of benzene rings is 2. The van der Waals surface area contributed by atoms with Gasteiger partial charge >= 0.3 is 6.09 Å². The maximum absolute atomic E-state index is 12.5. The van der Waals surface area contributed by atoms with Crippen molar-refractivity contribution in [3.05, 3.63) is 83.7 Å². The van der Waals surface area contributed by atoms with Gasteiger partial charge in [0.2, 0.25) is 0 Å². The van der Waals surface area contributed by atoms with Crippen LogP contribution in [0.4, 0.5) is 4.79 Å². The Balaban J connectivity index is 1.73. The molecule has 0 N–H and O–H groups in total. The lowest BCUT2D eigenvalue weighted by atomic mass is 10.1. The van der Waals surface area contributed by atoms with Gasteiger partial charge in [0.25, 0.3) is 0 Å². The quantitative estimate of drug-likeness (QED) is 0.495. The lowest BCUT2D eigenvalue weighted by Gasteiger charge is -2.19. The molecule has 5 nitrogen and oxygen atoms in total. The van der Waals surface area contributed by atoms with Crippen LogP contribution in [0.1, 0.15) is 17.0 Å². The summed E-state index contributed by atoms with van der Waals surface area (Å²) in [5.41, 5.74) is 7.13. The number of carbonyl (C=O) groups is 1. The van der Waals surface area contributed by atoms with Crippen molar-refractivity contribution in [2.24, 2.45) is 4.99 Å². The zero-order chi connectivity index (χ0) is 20.0. The normalized spacial score (nSPS) is 13.2. The lowest BCUT2D eigenvalue weighted by Crippen LogP contribution is -2.19. The predicted molar refractivity (Wildman–Crippen MR) is 115 cm³/mol. The van der Waals surface area contributed by atoms with Crippen LogP contribution < -0.4 is 0 Å². The molecule has 1 aliphatic heterocycles. The molecule has 0 spiro atoms. The molecule has 0 saturated carbocycles. The van der Waals surface area contributed by atoms with Crippen molar-refractivity contribution in [1.82, 2.24) is 9.13 Å². The van der Waals surface area contributed by atoms with E-state index in [1.165, 1.54) is 7.11 Å². The minimum Gasteiger partial charge on any atom is -0.452 e. The fraction of sp³-hybridized carbons (Fsp3) is 0.167. The number of hydrogen-bond donors (Lipinski definition) is 0. The van der Waals surface area contributed by atoms with Crippen molar-refractivity contribution < 1.29 is 9.53 Å². The third-order valence-corrected chi connectivity index (χ3v) is 5.59. The smallest absolute Gasteiger partial charge is 0.418 e. The molecule has 0 fully saturated rings. The molecular formula is C24H21N3O2. The molecular weight excluding hydrogens is 362 g/mol. The van der Waals surface area contributed by atoms with E-state index in [9.17, 15) is 4.79 Å². The topological polar surface area (TPSA) is 48.5 Å². The summed E-state index contributed by atoms with van der Waals surface area (Å²) in [6.45, 7) is 3.51. The number of fused-ring (bicyclic) bond motifs is 2. The maximum Gasteiger partial charge on any atom is 0.418 e. The number of methoxy groups -OCH3 is 1. The van der Waals surface area contributed by atoms with Gasteiger partial charge in [-0.3, -0.25) is 4.99 Å². The fourth-order valence-corrected chi connectivity index (χ4v) is 4.33. The highest BCUT2D eigenvalue weighted by Gasteiger charge is 2.25. The van der Waals surface area contributed by atoms with Crippen molar-refractivity contribution in [2.45, 2.75) is 13.5 Å². The highest BCUT2D eigenvalue weighted by atomic mass is 16.5. The van der Waals surface area contributed by atoms with Crippen LogP contribution in [0, 0.1) is 6.92 Å². The molecule has 5 rings (SSSR count). The van der Waals surface area contributed by atoms with Crippen LogP contribution in [-0.2, 0) is 11.3 Å². The monoisotopic (exact) mass is 383 g/mol. The third kappa shape index (κ3) is 2.62. The van der Waals surface area contributed by atoms with Crippen molar-refractivity contribution >= 4 is 22.7 Å². The summed E-state index contributed by atoms with van der Waals surface area (Å²) >= 11 is 0. The molecule has 0 saturated heterocycles. The zero-order valence-electron chi connectivity index (χ0n) is 16.4. The Morgan fingerprint density at radius 3 is 2.48 bits per heavy atom. The molecule has 0 atom stereocenters. The van der Waals surface area contributed by atoms with Crippen molar-refractivity contribution in [3.8, 4) is 11.3 Å². The minimum atomic E-state index is -0.373. The summed E-state index contributed by atoms with van der Waals surface area (Å²) in [6, 6.07) is 22.5. The Bertz CT molecular complexity index is 1260. The molecule has 2 aromatic heterocycles.